The average molecular weight is 1110 g/mol. The fraction of sp³-hybridized carbons (Fsp3) is 0.228. The second-order valence-corrected chi connectivity index (χ2v) is 20.1. The highest BCUT2D eigenvalue weighted by atomic mass is 32.2. The van der Waals surface area contributed by atoms with Crippen molar-refractivity contribution in [3.63, 3.8) is 0 Å². The molecule has 0 saturated carbocycles. The second-order valence-electron chi connectivity index (χ2n) is 17.6. The third-order valence-electron chi connectivity index (χ3n) is 12.8. The Morgan fingerprint density at radius 2 is 1.38 bits per heavy atom. The molecule has 2 aliphatic heterocycles. The number of carbonyl (C=O) groups is 3. The summed E-state index contributed by atoms with van der Waals surface area (Å²) in [5.41, 5.74) is 1.12. The third kappa shape index (κ3) is 11.5. The van der Waals surface area contributed by atoms with E-state index in [4.69, 9.17) is 36.7 Å². The van der Waals surface area contributed by atoms with Crippen LogP contribution in [0.2, 0.25) is 0 Å². The number of rotatable bonds is 22. The summed E-state index contributed by atoms with van der Waals surface area (Å²) in [7, 11) is 1.30. The molecule has 1 fully saturated rings. The molecule has 7 aromatic rings. The predicted octanol–water partition coefficient (Wildman–Crippen LogP) is 6.86. The Kier molecular flexibility index (Phi) is 17.6. The molecule has 2 aliphatic rings. The van der Waals surface area contributed by atoms with Crippen LogP contribution < -0.4 is 21.8 Å². The molecule has 1 saturated heterocycles. The number of allylic oxidation sites excluding steroid dienone is 1. The molecule has 18 nitrogen and oxygen atoms in total. The zero-order valence-corrected chi connectivity index (χ0v) is 45.0. The maximum Gasteiger partial charge on any atom is 0.356 e. The maximum absolute atomic E-state index is 15.0. The number of thiazole rings is 1. The van der Waals surface area contributed by atoms with Crippen LogP contribution in [0.25, 0.3) is 4.91 Å². The lowest BCUT2D eigenvalue weighted by Gasteiger charge is -2.49. The molecule has 0 radical (unpaired) electrons. The molecule has 3 atom stereocenters. The number of esters is 1. The van der Waals surface area contributed by atoms with Crippen molar-refractivity contribution in [3.05, 3.63) is 234 Å². The lowest BCUT2D eigenvalue weighted by Crippen LogP contribution is -2.71. The van der Waals surface area contributed by atoms with Crippen LogP contribution in [-0.2, 0) is 45.5 Å². The van der Waals surface area contributed by atoms with Crippen molar-refractivity contribution < 1.29 is 38.5 Å². The molecule has 5 aromatic carbocycles. The summed E-state index contributed by atoms with van der Waals surface area (Å²) in [6.07, 6.45) is -2.06. The SMILES string of the molecule is CCOC(OCC)C(O)Cn1c(C(S)=CC2=C(C(=O)OC(c3ccccc3)c3ccccc3)N3C(=O)C(NC(=O)C(=NOC)c4csc(NC(c5ccccc5)(c5ccccc5)c5ccccc5)n4)C3SC2)n[nH]c(=O)c1=O. The number of aliphatic hydroxyl groups excluding tert-OH is 1. The minimum atomic E-state index is -1.43. The zero-order valence-electron chi connectivity index (χ0n) is 42.4. The molecular weight excluding hydrogens is 1050 g/mol. The number of oxime groups is 1. The summed E-state index contributed by atoms with van der Waals surface area (Å²) in [6.45, 7) is 3.31. The number of hydrogen-bond donors (Lipinski definition) is 5. The number of aromatic amines is 1. The van der Waals surface area contributed by atoms with E-state index in [1.165, 1.54) is 41.2 Å². The fourth-order valence-electron chi connectivity index (χ4n) is 9.27. The first-order chi connectivity index (χ1) is 38.0. The number of nitrogens with one attached hydrogen (secondary N) is 3. The highest BCUT2D eigenvalue weighted by molar-refractivity contribution is 8.00. The van der Waals surface area contributed by atoms with Gasteiger partial charge in [0.25, 0.3) is 11.8 Å². The van der Waals surface area contributed by atoms with Crippen LogP contribution in [-0.4, -0.2) is 103 Å². The first-order valence-corrected chi connectivity index (χ1v) is 27.2. The Labute approximate surface area is 462 Å². The van der Waals surface area contributed by atoms with Crippen molar-refractivity contribution in [2.75, 3.05) is 31.4 Å². The van der Waals surface area contributed by atoms with E-state index in [9.17, 15) is 29.1 Å². The number of ether oxygens (including phenoxy) is 3. The van der Waals surface area contributed by atoms with Crippen LogP contribution in [0, 0.1) is 0 Å². The Bertz CT molecular complexity index is 3310. The minimum absolute atomic E-state index is 0.0224. The highest BCUT2D eigenvalue weighted by Gasteiger charge is 2.55. The molecule has 3 unspecified atom stereocenters. The molecule has 2 aromatic heterocycles. The Balaban J connectivity index is 1.04. The number of thiol groups is 1. The van der Waals surface area contributed by atoms with Gasteiger partial charge in [-0.15, -0.1) is 35.7 Å². The first-order valence-electron chi connectivity index (χ1n) is 24.8. The number of amides is 2. The predicted molar refractivity (Wildman–Crippen MR) is 300 cm³/mol. The normalized spacial score (nSPS) is 16.1. The topological polar surface area (TPSA) is 229 Å². The van der Waals surface area contributed by atoms with Crippen molar-refractivity contribution in [1.82, 2.24) is 30.0 Å². The van der Waals surface area contributed by atoms with Gasteiger partial charge >= 0.3 is 17.1 Å². The lowest BCUT2D eigenvalue weighted by atomic mass is 9.77. The van der Waals surface area contributed by atoms with E-state index in [0.29, 0.717) is 16.3 Å². The number of H-pyrrole nitrogens is 1. The van der Waals surface area contributed by atoms with E-state index < -0.39 is 70.9 Å². The second kappa shape index (κ2) is 25.0. The Morgan fingerprint density at radius 1 is 0.846 bits per heavy atom. The lowest BCUT2D eigenvalue weighted by molar-refractivity contribution is -0.192. The minimum Gasteiger partial charge on any atom is -0.448 e. The van der Waals surface area contributed by atoms with E-state index in [-0.39, 0.29) is 52.4 Å². The first kappa shape index (κ1) is 54.9. The van der Waals surface area contributed by atoms with Gasteiger partial charge in [-0.05, 0) is 53.3 Å². The van der Waals surface area contributed by atoms with Crippen LogP contribution in [0.5, 0.6) is 0 Å². The standard InChI is InChI=1S/C57H54N8O10S3/c1-4-73-55(74-5-2)42(66)32-64-48(61-62-50(68)52(64)70)43(76)31-37-33-77-53-45(51(69)65(53)46(37)54(71)75-47(35-21-11-6-12-22-35)36-23-13-7-14-24-36)59-49(67)44(63-72-3)41-34-78-56(58-41)60-57(38-25-15-8-16-26-38,39-27-17-9-18-28-39)40-29-19-10-20-30-40/h6-31,34,42,45,47,53,55,66,76H,4-5,32-33H2,1-3H3,(H,58,60)(H,59,67)(H,62,68). The monoisotopic (exact) mass is 1110 g/mol. The van der Waals surface area contributed by atoms with Crippen molar-refractivity contribution in [3.8, 4) is 0 Å². The number of aliphatic hydroxyl groups is 1. The third-order valence-corrected chi connectivity index (χ3v) is 15.2. The molecule has 9 rings (SSSR count). The van der Waals surface area contributed by atoms with E-state index in [2.05, 4.69) is 26.0 Å². The van der Waals surface area contributed by atoms with Crippen LogP contribution >= 0.6 is 35.7 Å². The van der Waals surface area contributed by atoms with Gasteiger partial charge in [0.15, 0.2) is 29.1 Å². The van der Waals surface area contributed by atoms with Crippen LogP contribution in [0.4, 0.5) is 5.13 Å². The number of benzene rings is 5. The Hall–Kier alpha value is -7.92. The molecule has 21 heteroatoms. The molecule has 0 spiro atoms. The number of carbonyl (C=O) groups excluding carboxylic acids is 3. The van der Waals surface area contributed by atoms with E-state index in [0.717, 1.165) is 21.3 Å². The molecule has 4 N–H and O–H groups in total. The van der Waals surface area contributed by atoms with Gasteiger partial charge in [0.05, 0.1) is 6.54 Å². The average Bonchev–Trinajstić information content (AvgIpc) is 4.08. The van der Waals surface area contributed by atoms with Crippen molar-refractivity contribution in [2.24, 2.45) is 5.16 Å². The molecule has 4 heterocycles. The molecule has 0 bridgehead atoms. The number of β-lactam (4-membered cyclic amide) rings is 1. The van der Waals surface area contributed by atoms with Crippen molar-refractivity contribution >= 4 is 69.3 Å². The van der Waals surface area contributed by atoms with E-state index in [1.54, 1.807) is 19.2 Å². The smallest absolute Gasteiger partial charge is 0.356 e. The highest BCUT2D eigenvalue weighted by Crippen LogP contribution is 2.44. The molecule has 2 amide bonds. The summed E-state index contributed by atoms with van der Waals surface area (Å²) in [4.78, 5) is 81.5. The van der Waals surface area contributed by atoms with Gasteiger partial charge in [-0.1, -0.05) is 157 Å². The van der Waals surface area contributed by atoms with Gasteiger partial charge < -0.3 is 34.8 Å². The van der Waals surface area contributed by atoms with Crippen LogP contribution in [0.3, 0.4) is 0 Å². The number of aromatic nitrogens is 4. The van der Waals surface area contributed by atoms with Gasteiger partial charge in [0.1, 0.15) is 41.6 Å². The van der Waals surface area contributed by atoms with Crippen LogP contribution in [0.1, 0.15) is 59.3 Å². The van der Waals surface area contributed by atoms with Crippen LogP contribution in [0.15, 0.2) is 189 Å². The maximum atomic E-state index is 15.0. The summed E-state index contributed by atoms with van der Waals surface area (Å²) >= 11 is 7.22. The number of hydrogen-bond acceptors (Lipinski definition) is 17. The summed E-state index contributed by atoms with van der Waals surface area (Å²) in [5.74, 6) is -2.42. The zero-order chi connectivity index (χ0) is 54.8. The summed E-state index contributed by atoms with van der Waals surface area (Å²) in [6, 6.07) is 46.9. The van der Waals surface area contributed by atoms with Gasteiger partial charge in [0, 0.05) is 29.3 Å². The number of anilines is 1. The molecule has 400 valence electrons. The van der Waals surface area contributed by atoms with Gasteiger partial charge in [-0.3, -0.25) is 28.6 Å². The number of fused-ring (bicyclic) bond motifs is 1. The quantitative estimate of drug-likeness (QED) is 0.00683. The van der Waals surface area contributed by atoms with Crippen molar-refractivity contribution in [2.45, 2.75) is 55.8 Å². The van der Waals surface area contributed by atoms with E-state index in [1.807, 2.05) is 152 Å². The largest absolute Gasteiger partial charge is 0.448 e. The molecule has 78 heavy (non-hydrogen) atoms. The summed E-state index contributed by atoms with van der Waals surface area (Å²) < 4.78 is 18.4. The summed E-state index contributed by atoms with van der Waals surface area (Å²) in [5, 5.41) is 29.4. The fourth-order valence-corrected chi connectivity index (χ4v) is 11.7. The van der Waals surface area contributed by atoms with Gasteiger partial charge in [0.2, 0.25) is 0 Å². The number of thioether (sulfide) groups is 1. The number of nitrogens with zero attached hydrogens (tertiary/aromatic N) is 5. The Morgan fingerprint density at radius 3 is 1.91 bits per heavy atom. The molecule has 0 aliphatic carbocycles. The van der Waals surface area contributed by atoms with Crippen molar-refractivity contribution in [1.29, 1.82) is 0 Å². The van der Waals surface area contributed by atoms with Gasteiger partial charge in [-0.2, -0.15) is 5.10 Å². The molecular formula is C57H54N8O10S3. The van der Waals surface area contributed by atoms with Gasteiger partial charge in [-0.25, -0.2) is 14.9 Å². The van der Waals surface area contributed by atoms with E-state index >= 15 is 0 Å².